The number of carbonyl (C=O) groups excluding carboxylic acids is 1. The van der Waals surface area contributed by atoms with Crippen LogP contribution in [0.4, 0.5) is 10.5 Å². The van der Waals surface area contributed by atoms with Gasteiger partial charge < -0.3 is 20.1 Å². The van der Waals surface area contributed by atoms with Gasteiger partial charge in [0.1, 0.15) is 0 Å². The highest BCUT2D eigenvalue weighted by Crippen LogP contribution is 2.32. The number of carbonyl (C=O) groups is 1. The van der Waals surface area contributed by atoms with Crippen molar-refractivity contribution in [1.82, 2.24) is 10.3 Å². The van der Waals surface area contributed by atoms with Crippen molar-refractivity contribution in [2.24, 2.45) is 0 Å². The van der Waals surface area contributed by atoms with Crippen LogP contribution in [-0.2, 0) is 6.54 Å². The predicted octanol–water partition coefficient (Wildman–Crippen LogP) is 2.73. The first-order chi connectivity index (χ1) is 10.6. The van der Waals surface area contributed by atoms with Crippen LogP contribution in [0.5, 0.6) is 11.5 Å². The van der Waals surface area contributed by atoms with Crippen LogP contribution in [0.1, 0.15) is 11.1 Å². The fraction of sp³-hybridized carbons (Fsp3) is 0.250. The molecular weight excluding hydrogens is 282 g/mol. The van der Waals surface area contributed by atoms with Gasteiger partial charge in [0.15, 0.2) is 11.5 Å². The molecule has 0 unspecified atom stereocenters. The van der Waals surface area contributed by atoms with E-state index >= 15 is 0 Å². The molecule has 2 rings (SSSR count). The monoisotopic (exact) mass is 301 g/mol. The summed E-state index contributed by atoms with van der Waals surface area (Å²) in [5.41, 5.74) is 2.48. The third kappa shape index (κ3) is 3.88. The minimum Gasteiger partial charge on any atom is -0.493 e. The number of anilines is 1. The summed E-state index contributed by atoms with van der Waals surface area (Å²) in [5.74, 6) is 1.19. The molecule has 0 bridgehead atoms. The molecule has 2 amide bonds. The molecule has 1 heterocycles. The van der Waals surface area contributed by atoms with Crippen molar-refractivity contribution in [3.63, 3.8) is 0 Å². The number of rotatable bonds is 5. The lowest BCUT2D eigenvalue weighted by atomic mass is 10.1. The Bertz CT molecular complexity index is 645. The van der Waals surface area contributed by atoms with Gasteiger partial charge in [-0.05, 0) is 30.2 Å². The smallest absolute Gasteiger partial charge is 0.319 e. The highest BCUT2D eigenvalue weighted by molar-refractivity contribution is 5.90. The predicted molar refractivity (Wildman–Crippen MR) is 84.4 cm³/mol. The molecule has 22 heavy (non-hydrogen) atoms. The van der Waals surface area contributed by atoms with Crippen molar-refractivity contribution in [3.8, 4) is 11.5 Å². The van der Waals surface area contributed by atoms with Gasteiger partial charge in [-0.15, -0.1) is 0 Å². The Morgan fingerprint density at radius 3 is 2.59 bits per heavy atom. The van der Waals surface area contributed by atoms with E-state index in [9.17, 15) is 4.79 Å². The van der Waals surface area contributed by atoms with Crippen molar-refractivity contribution >= 4 is 11.7 Å². The number of benzene rings is 1. The molecule has 0 spiro atoms. The first-order valence-corrected chi connectivity index (χ1v) is 6.80. The molecule has 1 aromatic heterocycles. The van der Waals surface area contributed by atoms with Crippen LogP contribution in [0.15, 0.2) is 36.7 Å². The Hall–Kier alpha value is -2.76. The number of urea groups is 1. The first-order valence-electron chi connectivity index (χ1n) is 6.80. The van der Waals surface area contributed by atoms with Gasteiger partial charge in [0.25, 0.3) is 0 Å². The minimum atomic E-state index is -0.292. The maximum Gasteiger partial charge on any atom is 0.319 e. The third-order valence-corrected chi connectivity index (χ3v) is 3.15. The van der Waals surface area contributed by atoms with Gasteiger partial charge in [-0.1, -0.05) is 6.07 Å². The lowest BCUT2D eigenvalue weighted by Crippen LogP contribution is -2.28. The Morgan fingerprint density at radius 2 is 1.95 bits per heavy atom. The van der Waals surface area contributed by atoms with E-state index in [0.29, 0.717) is 23.7 Å². The minimum absolute atomic E-state index is 0.292. The summed E-state index contributed by atoms with van der Waals surface area (Å²) in [7, 11) is 3.13. The van der Waals surface area contributed by atoms with Gasteiger partial charge in [-0.25, -0.2) is 4.79 Å². The van der Waals surface area contributed by atoms with Gasteiger partial charge >= 0.3 is 6.03 Å². The van der Waals surface area contributed by atoms with Gasteiger partial charge in [-0.3, -0.25) is 4.98 Å². The van der Waals surface area contributed by atoms with Crippen LogP contribution < -0.4 is 20.1 Å². The molecule has 0 saturated carbocycles. The topological polar surface area (TPSA) is 72.5 Å². The molecule has 0 saturated heterocycles. The zero-order chi connectivity index (χ0) is 15.9. The summed E-state index contributed by atoms with van der Waals surface area (Å²) < 4.78 is 10.5. The lowest BCUT2D eigenvalue weighted by molar-refractivity contribution is 0.251. The average Bonchev–Trinajstić information content (AvgIpc) is 2.55. The summed E-state index contributed by atoms with van der Waals surface area (Å²) in [5, 5.41) is 5.58. The van der Waals surface area contributed by atoms with Gasteiger partial charge in [0.05, 0.1) is 14.2 Å². The Kier molecular flexibility index (Phi) is 5.19. The number of pyridine rings is 1. The molecule has 0 fully saturated rings. The van der Waals surface area contributed by atoms with Gasteiger partial charge in [-0.2, -0.15) is 0 Å². The van der Waals surface area contributed by atoms with Crippen molar-refractivity contribution in [2.45, 2.75) is 13.5 Å². The van der Waals surface area contributed by atoms with E-state index in [4.69, 9.17) is 9.47 Å². The van der Waals surface area contributed by atoms with Crippen LogP contribution in [0, 0.1) is 6.92 Å². The normalized spacial score (nSPS) is 9.95. The molecule has 1 aromatic carbocycles. The Morgan fingerprint density at radius 1 is 1.23 bits per heavy atom. The summed E-state index contributed by atoms with van der Waals surface area (Å²) in [4.78, 5) is 16.0. The molecule has 2 aromatic rings. The van der Waals surface area contributed by atoms with Crippen molar-refractivity contribution < 1.29 is 14.3 Å². The zero-order valence-electron chi connectivity index (χ0n) is 12.8. The number of methoxy groups -OCH3 is 2. The van der Waals surface area contributed by atoms with Crippen molar-refractivity contribution in [1.29, 1.82) is 0 Å². The molecule has 0 radical (unpaired) electrons. The quantitative estimate of drug-likeness (QED) is 0.890. The Labute approximate surface area is 129 Å². The van der Waals surface area contributed by atoms with E-state index in [0.717, 1.165) is 11.1 Å². The van der Waals surface area contributed by atoms with Crippen molar-refractivity contribution in [3.05, 3.63) is 47.8 Å². The van der Waals surface area contributed by atoms with Crippen molar-refractivity contribution in [2.75, 3.05) is 19.5 Å². The zero-order valence-corrected chi connectivity index (χ0v) is 12.8. The van der Waals surface area contributed by atoms with E-state index in [1.165, 1.54) is 0 Å². The number of hydrogen-bond donors (Lipinski definition) is 2. The molecule has 6 nitrogen and oxygen atoms in total. The van der Waals surface area contributed by atoms with E-state index in [-0.39, 0.29) is 6.03 Å². The maximum atomic E-state index is 12.0. The number of ether oxygens (including phenoxy) is 2. The Balaban J connectivity index is 2.02. The number of nitrogens with zero attached hydrogens (tertiary/aromatic N) is 1. The molecule has 0 aliphatic carbocycles. The van der Waals surface area contributed by atoms with E-state index in [1.54, 1.807) is 32.7 Å². The molecule has 0 aliphatic heterocycles. The molecule has 0 atom stereocenters. The lowest BCUT2D eigenvalue weighted by Gasteiger charge is -2.14. The fourth-order valence-corrected chi connectivity index (χ4v) is 1.97. The van der Waals surface area contributed by atoms with E-state index in [2.05, 4.69) is 15.6 Å². The fourth-order valence-electron chi connectivity index (χ4n) is 1.97. The first kappa shape index (κ1) is 15.6. The number of amides is 2. The summed E-state index contributed by atoms with van der Waals surface area (Å²) >= 11 is 0. The second-order valence-electron chi connectivity index (χ2n) is 4.69. The molecule has 6 heteroatoms. The SMILES string of the molecule is COc1cc(C)c(NC(=O)NCc2cccnc2)cc1OC. The second kappa shape index (κ2) is 7.31. The average molecular weight is 301 g/mol. The number of aromatic nitrogens is 1. The summed E-state index contributed by atoms with van der Waals surface area (Å²) in [6, 6.07) is 6.98. The molecule has 2 N–H and O–H groups in total. The van der Waals surface area contributed by atoms with Crippen LogP contribution in [-0.4, -0.2) is 25.2 Å². The van der Waals surface area contributed by atoms with Crippen LogP contribution >= 0.6 is 0 Å². The van der Waals surface area contributed by atoms with Gasteiger partial charge in [0.2, 0.25) is 0 Å². The number of aryl methyl sites for hydroxylation is 1. The van der Waals surface area contributed by atoms with Crippen LogP contribution in [0.2, 0.25) is 0 Å². The highest BCUT2D eigenvalue weighted by atomic mass is 16.5. The summed E-state index contributed by atoms with van der Waals surface area (Å²) in [6.45, 7) is 2.30. The summed E-state index contributed by atoms with van der Waals surface area (Å²) in [6.07, 6.45) is 3.40. The van der Waals surface area contributed by atoms with E-state index in [1.807, 2.05) is 25.1 Å². The molecule has 116 valence electrons. The third-order valence-electron chi connectivity index (χ3n) is 3.15. The standard InChI is InChI=1S/C16H19N3O3/c1-11-7-14(21-2)15(22-3)8-13(11)19-16(20)18-10-12-5-4-6-17-9-12/h4-9H,10H2,1-3H3,(H2,18,19,20). The maximum absolute atomic E-state index is 12.0. The largest absolute Gasteiger partial charge is 0.493 e. The number of nitrogens with one attached hydrogen (secondary N) is 2. The van der Waals surface area contributed by atoms with Crippen LogP contribution in [0.25, 0.3) is 0 Å². The van der Waals surface area contributed by atoms with E-state index < -0.39 is 0 Å². The molecular formula is C16H19N3O3. The highest BCUT2D eigenvalue weighted by Gasteiger charge is 2.10. The molecule has 0 aliphatic rings. The second-order valence-corrected chi connectivity index (χ2v) is 4.69. The van der Waals surface area contributed by atoms with Crippen LogP contribution in [0.3, 0.4) is 0 Å². The van der Waals surface area contributed by atoms with Gasteiger partial charge in [0, 0.05) is 30.7 Å². The number of hydrogen-bond acceptors (Lipinski definition) is 4.